The van der Waals surface area contributed by atoms with E-state index in [1.807, 2.05) is 32.0 Å². The number of amides is 1. The zero-order chi connectivity index (χ0) is 22.9. The number of rotatable bonds is 6. The summed E-state index contributed by atoms with van der Waals surface area (Å²) < 4.78 is 38.8. The van der Waals surface area contributed by atoms with E-state index in [1.165, 1.54) is 10.4 Å². The normalized spacial score (nSPS) is 17.0. The average molecular weight is 460 g/mol. The summed E-state index contributed by atoms with van der Waals surface area (Å²) in [5.41, 5.74) is 2.24. The van der Waals surface area contributed by atoms with Gasteiger partial charge in [-0.3, -0.25) is 9.69 Å². The number of piperazine rings is 1. The summed E-state index contributed by atoms with van der Waals surface area (Å²) in [4.78, 5) is 14.9. The minimum absolute atomic E-state index is 0.0278. The smallest absolute Gasteiger partial charge is 0.251 e. The highest BCUT2D eigenvalue weighted by atomic mass is 32.2. The van der Waals surface area contributed by atoms with Crippen molar-refractivity contribution >= 4 is 15.9 Å². The Morgan fingerprint density at radius 1 is 1.03 bits per heavy atom. The van der Waals surface area contributed by atoms with E-state index in [2.05, 4.69) is 10.2 Å². The van der Waals surface area contributed by atoms with Crippen molar-refractivity contribution in [1.29, 1.82) is 0 Å². The van der Waals surface area contributed by atoms with E-state index in [0.29, 0.717) is 38.3 Å². The molecule has 1 saturated heterocycles. The molecule has 32 heavy (non-hydrogen) atoms. The third-order valence-electron chi connectivity index (χ3n) is 5.69. The molecule has 1 amide bonds. The van der Waals surface area contributed by atoms with E-state index in [0.717, 1.165) is 22.6 Å². The molecule has 0 aromatic heterocycles. The van der Waals surface area contributed by atoms with Crippen molar-refractivity contribution in [2.45, 2.75) is 38.3 Å². The second kappa shape index (κ2) is 9.09. The first-order chi connectivity index (χ1) is 15.2. The molecule has 2 aromatic rings. The lowest BCUT2D eigenvalue weighted by Crippen LogP contribution is -2.48. The molecule has 0 unspecified atom stereocenters. The number of benzene rings is 2. The molecule has 2 aliphatic rings. The Labute approximate surface area is 189 Å². The largest absolute Gasteiger partial charge is 0.454 e. The summed E-state index contributed by atoms with van der Waals surface area (Å²) in [6, 6.07) is 10.6. The molecule has 0 radical (unpaired) electrons. The molecule has 0 saturated carbocycles. The third kappa shape index (κ3) is 4.74. The van der Waals surface area contributed by atoms with Crippen LogP contribution in [0.25, 0.3) is 0 Å². The van der Waals surface area contributed by atoms with E-state index < -0.39 is 10.0 Å². The number of sulfonamides is 1. The van der Waals surface area contributed by atoms with Gasteiger partial charge in [-0.15, -0.1) is 0 Å². The fourth-order valence-electron chi connectivity index (χ4n) is 3.92. The number of aryl methyl sites for hydroxylation is 1. The highest BCUT2D eigenvalue weighted by molar-refractivity contribution is 7.89. The van der Waals surface area contributed by atoms with Crippen LogP contribution in [-0.2, 0) is 16.6 Å². The number of hydrogen-bond donors (Lipinski definition) is 1. The van der Waals surface area contributed by atoms with Crippen LogP contribution >= 0.6 is 0 Å². The van der Waals surface area contributed by atoms with Crippen LogP contribution in [0.3, 0.4) is 0 Å². The van der Waals surface area contributed by atoms with Crippen molar-refractivity contribution in [3.8, 4) is 11.5 Å². The van der Waals surface area contributed by atoms with Crippen molar-refractivity contribution in [3.05, 3.63) is 53.1 Å². The van der Waals surface area contributed by atoms with Crippen LogP contribution in [0.5, 0.6) is 11.5 Å². The molecule has 0 bridgehead atoms. The predicted octanol–water partition coefficient (Wildman–Crippen LogP) is 2.37. The standard InChI is InChI=1S/C23H29N3O5S/c1-16(2)24-23(27)20-13-19(6-4-17(20)3)32(28,29)26-10-8-25(9-11-26)14-18-5-7-21-22(12-18)31-15-30-21/h4-7,12-13,16H,8-11,14-15H2,1-3H3,(H,24,27). The quantitative estimate of drug-likeness (QED) is 0.714. The highest BCUT2D eigenvalue weighted by Crippen LogP contribution is 2.33. The van der Waals surface area contributed by atoms with E-state index in [9.17, 15) is 13.2 Å². The number of hydrogen-bond acceptors (Lipinski definition) is 6. The minimum Gasteiger partial charge on any atom is -0.454 e. The van der Waals surface area contributed by atoms with Crippen LogP contribution in [0.4, 0.5) is 0 Å². The predicted molar refractivity (Wildman–Crippen MR) is 120 cm³/mol. The van der Waals surface area contributed by atoms with Gasteiger partial charge in [-0.25, -0.2) is 8.42 Å². The molecule has 4 rings (SSSR count). The second-order valence-electron chi connectivity index (χ2n) is 8.47. The Hall–Kier alpha value is -2.62. The molecule has 1 N–H and O–H groups in total. The number of carbonyl (C=O) groups excluding carboxylic acids is 1. The van der Waals surface area contributed by atoms with E-state index >= 15 is 0 Å². The van der Waals surface area contributed by atoms with Gasteiger partial charge in [0.05, 0.1) is 4.90 Å². The van der Waals surface area contributed by atoms with Gasteiger partial charge in [0.15, 0.2) is 11.5 Å². The third-order valence-corrected chi connectivity index (χ3v) is 7.58. The Bertz CT molecular complexity index is 1110. The van der Waals surface area contributed by atoms with Gasteiger partial charge in [-0.2, -0.15) is 4.31 Å². The van der Waals surface area contributed by atoms with Crippen LogP contribution in [0.1, 0.15) is 35.3 Å². The van der Waals surface area contributed by atoms with Crippen LogP contribution in [-0.4, -0.2) is 62.5 Å². The fraction of sp³-hybridized carbons (Fsp3) is 0.435. The van der Waals surface area contributed by atoms with Crippen molar-refractivity contribution in [1.82, 2.24) is 14.5 Å². The van der Waals surface area contributed by atoms with Gasteiger partial charge in [0, 0.05) is 44.3 Å². The molecule has 9 heteroatoms. The molecule has 0 aliphatic carbocycles. The average Bonchev–Trinajstić information content (AvgIpc) is 3.21. The van der Waals surface area contributed by atoms with Crippen molar-refractivity contribution in [3.63, 3.8) is 0 Å². The first-order valence-electron chi connectivity index (χ1n) is 10.8. The Morgan fingerprint density at radius 3 is 2.47 bits per heavy atom. The zero-order valence-corrected chi connectivity index (χ0v) is 19.4. The lowest BCUT2D eigenvalue weighted by Gasteiger charge is -2.34. The van der Waals surface area contributed by atoms with Gasteiger partial charge in [0.25, 0.3) is 5.91 Å². The molecule has 0 spiro atoms. The summed E-state index contributed by atoms with van der Waals surface area (Å²) in [6.07, 6.45) is 0. The van der Waals surface area contributed by atoms with Crippen LogP contribution in [0.2, 0.25) is 0 Å². The van der Waals surface area contributed by atoms with Gasteiger partial charge < -0.3 is 14.8 Å². The van der Waals surface area contributed by atoms with Crippen LogP contribution < -0.4 is 14.8 Å². The topological polar surface area (TPSA) is 88.2 Å². The summed E-state index contributed by atoms with van der Waals surface area (Å²) in [5.74, 6) is 1.24. The number of carbonyl (C=O) groups is 1. The van der Waals surface area contributed by atoms with E-state index in [-0.39, 0.29) is 23.6 Å². The molecule has 2 aliphatic heterocycles. The Balaban J connectivity index is 1.42. The van der Waals surface area contributed by atoms with Crippen molar-refractivity contribution in [2.24, 2.45) is 0 Å². The zero-order valence-electron chi connectivity index (χ0n) is 18.6. The fourth-order valence-corrected chi connectivity index (χ4v) is 5.37. The first-order valence-corrected chi connectivity index (χ1v) is 12.2. The van der Waals surface area contributed by atoms with Crippen LogP contribution in [0, 0.1) is 6.92 Å². The monoisotopic (exact) mass is 459 g/mol. The second-order valence-corrected chi connectivity index (χ2v) is 10.4. The summed E-state index contributed by atoms with van der Waals surface area (Å²) >= 11 is 0. The minimum atomic E-state index is -3.68. The maximum absolute atomic E-state index is 13.2. The molecule has 172 valence electrons. The SMILES string of the molecule is Cc1ccc(S(=O)(=O)N2CCN(Cc3ccc4c(c3)OCO4)CC2)cc1C(=O)NC(C)C. The number of nitrogens with zero attached hydrogens (tertiary/aromatic N) is 2. The maximum Gasteiger partial charge on any atom is 0.251 e. The van der Waals surface area contributed by atoms with Gasteiger partial charge in [0.2, 0.25) is 16.8 Å². The molecule has 2 aromatic carbocycles. The molecular weight excluding hydrogens is 430 g/mol. The molecule has 0 atom stereocenters. The summed E-state index contributed by atoms with van der Waals surface area (Å²) in [5, 5.41) is 2.83. The summed E-state index contributed by atoms with van der Waals surface area (Å²) in [7, 11) is -3.68. The van der Waals surface area contributed by atoms with Crippen LogP contribution in [0.15, 0.2) is 41.3 Å². The summed E-state index contributed by atoms with van der Waals surface area (Å²) in [6.45, 7) is 8.56. The number of ether oxygens (including phenoxy) is 2. The lowest BCUT2D eigenvalue weighted by molar-refractivity contribution is 0.0942. The maximum atomic E-state index is 13.2. The van der Waals surface area contributed by atoms with Gasteiger partial charge >= 0.3 is 0 Å². The highest BCUT2D eigenvalue weighted by Gasteiger charge is 2.29. The van der Waals surface area contributed by atoms with Crippen molar-refractivity contribution in [2.75, 3.05) is 33.0 Å². The number of fused-ring (bicyclic) bond motifs is 1. The number of nitrogens with one attached hydrogen (secondary N) is 1. The van der Waals surface area contributed by atoms with Gasteiger partial charge in [0.1, 0.15) is 0 Å². The van der Waals surface area contributed by atoms with E-state index in [1.54, 1.807) is 19.1 Å². The molecule has 1 fully saturated rings. The van der Waals surface area contributed by atoms with Gasteiger partial charge in [-0.1, -0.05) is 12.1 Å². The Kier molecular flexibility index (Phi) is 6.41. The first kappa shape index (κ1) is 22.6. The van der Waals surface area contributed by atoms with Gasteiger partial charge in [-0.05, 0) is 56.2 Å². The van der Waals surface area contributed by atoms with Crippen molar-refractivity contribution < 1.29 is 22.7 Å². The molecular formula is C23H29N3O5S. The molecule has 2 heterocycles. The lowest BCUT2D eigenvalue weighted by atomic mass is 10.1. The van der Waals surface area contributed by atoms with E-state index in [4.69, 9.17) is 9.47 Å². The molecule has 8 nitrogen and oxygen atoms in total. The Morgan fingerprint density at radius 2 is 1.75 bits per heavy atom.